The van der Waals surface area contributed by atoms with Crippen molar-refractivity contribution in [1.29, 1.82) is 0 Å². The first kappa shape index (κ1) is 110. The SMILES string of the molecule is C=CCN(C)C(=O)C(C)O[CH-]CC.CC.CC(C)C.CC(C)C.CC(C)C.CC(C)C.CCC(C)C(=O)C(Cc1ccc(C)cc1)OC(=O)CN(C)C(=O)C(C)OC.CCC(C)C(CC)CC(C)C.CCCC.CN(C)CC=O.COC(C=O)Cc1ccccc1.[U]. The van der Waals surface area contributed by atoms with Gasteiger partial charge in [0.1, 0.15) is 37.4 Å². The van der Waals surface area contributed by atoms with Gasteiger partial charge in [-0.05, 0) is 100 Å². The van der Waals surface area contributed by atoms with E-state index in [1.54, 1.807) is 45.6 Å². The minimum absolute atomic E-state index is 0. The Kier molecular flexibility index (Phi) is 93.4. The van der Waals surface area contributed by atoms with E-state index < -0.39 is 24.3 Å². The molecular formula is C78H150N3O10U-. The number of carbonyl (C=O) groups excluding carboxylic acids is 6. The molecule has 0 aliphatic rings. The summed E-state index contributed by atoms with van der Waals surface area (Å²) in [6.07, 6.45) is 10.4. The second-order valence-electron chi connectivity index (χ2n) is 26.0. The van der Waals surface area contributed by atoms with Gasteiger partial charge in [0.05, 0.1) is 6.54 Å². The van der Waals surface area contributed by atoms with Crippen molar-refractivity contribution in [2.45, 2.75) is 269 Å². The Morgan fingerprint density at radius 3 is 1.33 bits per heavy atom. The average molecular weight is 1530 g/mol. The van der Waals surface area contributed by atoms with Crippen LogP contribution in [-0.4, -0.2) is 137 Å². The van der Waals surface area contributed by atoms with Crippen molar-refractivity contribution in [3.05, 3.63) is 90.5 Å². The molecule has 14 heteroatoms. The number of carbonyl (C=O) groups is 6. The molecule has 0 saturated carbocycles. The monoisotopic (exact) mass is 1530 g/mol. The third-order valence-electron chi connectivity index (χ3n) is 11.7. The molecule has 0 radical (unpaired) electrons. The minimum Gasteiger partial charge on any atom is -0.543 e. The van der Waals surface area contributed by atoms with Crippen molar-refractivity contribution in [2.75, 3.05) is 62.0 Å². The average Bonchev–Trinajstić information content (AvgIpc) is 1.05. The molecule has 0 N–H and O–H groups in total. The summed E-state index contributed by atoms with van der Waals surface area (Å²) < 4.78 is 20.6. The summed E-state index contributed by atoms with van der Waals surface area (Å²) in [5.74, 6) is 4.81. The number of hydrogen-bond acceptors (Lipinski definition) is 11. The molecule has 13 nitrogen and oxygen atoms in total. The molecule has 0 fully saturated rings. The van der Waals surface area contributed by atoms with Crippen LogP contribution in [-0.2, 0) is 60.6 Å². The Morgan fingerprint density at radius 2 is 1.01 bits per heavy atom. The predicted octanol–water partition coefficient (Wildman–Crippen LogP) is 18.9. The zero-order chi connectivity index (χ0) is 73.2. The second-order valence-corrected chi connectivity index (χ2v) is 26.0. The van der Waals surface area contributed by atoms with E-state index in [2.05, 4.69) is 138 Å². The number of aldehydes is 2. The summed E-state index contributed by atoms with van der Waals surface area (Å²) >= 11 is 0. The first-order valence-electron chi connectivity index (χ1n) is 34.4. The summed E-state index contributed by atoms with van der Waals surface area (Å²) in [7, 11) is 9.92. The van der Waals surface area contributed by atoms with Crippen molar-refractivity contribution in [1.82, 2.24) is 14.7 Å². The normalized spacial score (nSPS) is 12.1. The summed E-state index contributed by atoms with van der Waals surface area (Å²) in [4.78, 5) is 73.1. The van der Waals surface area contributed by atoms with Gasteiger partial charge in [-0.1, -0.05) is 258 Å². The van der Waals surface area contributed by atoms with Crippen LogP contribution in [0.1, 0.15) is 242 Å². The molecule has 7 unspecified atom stereocenters. The standard InChI is InChI=1S/C21H31NO5.C11H24.C10H18NO2.C10H12O2.C4H9NO.5C4H10.C2H6.U/c1-7-15(3)20(24)18(12-17-10-8-14(2)9-11-17)27-19(23)13-22(5)21(25)16(4)26-6;1-6-10(5)11(7-2)8-9(3)4;1-5-7-11(4)10(12)9(3)13-8-6-2;1-12-10(8-11)7-9-5-3-2-4-6-9;1-5(2)3-4-6;4*1-4(2)3;1-3-4-2;1-2;/h8-11,15-16,18H,7,12-13H2,1-6H3;9-11H,6-8H2,1-5H3;5,8-9H,1,6-7H2,2-4H3;2-6,8,10H,7H2,1H3;4H,3H2,1-2H3;4*4H,1-3H3;3-4H2,1-2H3;1-2H3;/q;;-1;;;;;;;;;. The molecule has 0 aliphatic carbocycles. The maximum Gasteiger partial charge on any atom is 0.326 e. The van der Waals surface area contributed by atoms with Crippen molar-refractivity contribution >= 4 is 36.1 Å². The number of nitrogens with zero attached hydrogens (tertiary/aromatic N) is 3. The Bertz CT molecular complexity index is 1860. The molecule has 7 atom stereocenters. The molecule has 0 saturated heterocycles. The fourth-order valence-electron chi connectivity index (χ4n) is 6.35. The van der Waals surface area contributed by atoms with Gasteiger partial charge < -0.3 is 43.2 Å². The minimum atomic E-state index is -0.862. The molecule has 0 bridgehead atoms. The van der Waals surface area contributed by atoms with Crippen LogP contribution in [0.25, 0.3) is 0 Å². The van der Waals surface area contributed by atoms with Crippen LogP contribution in [0.15, 0.2) is 67.3 Å². The summed E-state index contributed by atoms with van der Waals surface area (Å²) in [5.41, 5.74) is 3.16. The van der Waals surface area contributed by atoms with Crippen molar-refractivity contribution in [3.8, 4) is 0 Å². The van der Waals surface area contributed by atoms with Gasteiger partial charge in [0.2, 0.25) is 5.91 Å². The van der Waals surface area contributed by atoms with Gasteiger partial charge in [0.15, 0.2) is 11.9 Å². The Morgan fingerprint density at radius 1 is 0.576 bits per heavy atom. The molecule has 0 aromatic heterocycles. The third kappa shape index (κ3) is 86.5. The number of hydrogen-bond donors (Lipinski definition) is 0. The van der Waals surface area contributed by atoms with Gasteiger partial charge in [-0.25, -0.2) is 6.61 Å². The molecule has 0 heterocycles. The molecule has 542 valence electrons. The Hall–Kier alpha value is -3.51. The van der Waals surface area contributed by atoms with E-state index in [1.165, 1.54) is 51.2 Å². The van der Waals surface area contributed by atoms with Crippen molar-refractivity contribution < 1.29 is 78.8 Å². The van der Waals surface area contributed by atoms with Gasteiger partial charge in [0, 0.05) is 84.7 Å². The van der Waals surface area contributed by atoms with E-state index in [0.717, 1.165) is 77.1 Å². The van der Waals surface area contributed by atoms with Crippen LogP contribution in [0, 0.1) is 92.0 Å². The maximum atomic E-state index is 12.7. The van der Waals surface area contributed by atoms with Crippen LogP contribution < -0.4 is 0 Å². The molecule has 2 aromatic carbocycles. The number of unbranched alkanes of at least 4 members (excludes halogenated alkanes) is 1. The molecule has 2 aromatic rings. The number of rotatable bonds is 28. The number of esters is 1. The molecule has 2 rings (SSSR count). The number of aryl methyl sites for hydroxylation is 1. The Balaban J connectivity index is -0.000000111. The second kappa shape index (κ2) is 78.2. The van der Waals surface area contributed by atoms with E-state index in [9.17, 15) is 28.8 Å². The van der Waals surface area contributed by atoms with E-state index in [-0.39, 0.29) is 67.3 Å². The van der Waals surface area contributed by atoms with Crippen molar-refractivity contribution in [3.63, 3.8) is 0 Å². The van der Waals surface area contributed by atoms with Crippen LogP contribution in [0.2, 0.25) is 0 Å². The van der Waals surface area contributed by atoms with Crippen LogP contribution in [0.5, 0.6) is 0 Å². The van der Waals surface area contributed by atoms with Crippen LogP contribution >= 0.6 is 0 Å². The number of benzene rings is 2. The first-order valence-corrected chi connectivity index (χ1v) is 34.4. The van der Waals surface area contributed by atoms with Gasteiger partial charge in [0.25, 0.3) is 5.91 Å². The number of ketones is 1. The molecule has 0 aliphatic heterocycles. The van der Waals surface area contributed by atoms with Crippen molar-refractivity contribution in [2.24, 2.45) is 47.3 Å². The van der Waals surface area contributed by atoms with Crippen LogP contribution in [0.3, 0.4) is 0 Å². The summed E-state index contributed by atoms with van der Waals surface area (Å²) in [6, 6.07) is 17.6. The van der Waals surface area contributed by atoms with Gasteiger partial charge >= 0.3 is 5.97 Å². The number of methoxy groups -OCH3 is 2. The largest absolute Gasteiger partial charge is 0.543 e. The smallest absolute Gasteiger partial charge is 0.326 e. The maximum absolute atomic E-state index is 12.7. The van der Waals surface area contributed by atoms with Gasteiger partial charge in [-0.15, -0.1) is 6.58 Å². The topological polar surface area (TPSA) is 149 Å². The number of ether oxygens (including phenoxy) is 4. The molecule has 92 heavy (non-hydrogen) atoms. The number of likely N-dealkylation sites (N-methyl/N-ethyl adjacent to an activating group) is 3. The van der Waals surface area contributed by atoms with E-state index in [4.69, 9.17) is 18.9 Å². The molecule has 2 amide bonds. The van der Waals surface area contributed by atoms with Crippen LogP contribution in [0.4, 0.5) is 0 Å². The third-order valence-corrected chi connectivity index (χ3v) is 11.7. The predicted molar refractivity (Wildman–Crippen MR) is 395 cm³/mol. The quantitative estimate of drug-likeness (QED) is 0.0347. The zero-order valence-corrected chi connectivity index (χ0v) is 70.2. The summed E-state index contributed by atoms with van der Waals surface area (Å²) in [5, 5.41) is 0. The fourth-order valence-corrected chi connectivity index (χ4v) is 6.35. The van der Waals surface area contributed by atoms with Gasteiger partial charge in [-0.3, -0.25) is 19.2 Å². The molecular weight excluding hydrogens is 1380 g/mol. The van der Waals surface area contributed by atoms with E-state index in [1.807, 2.05) is 115 Å². The number of amides is 2. The molecule has 0 spiro atoms. The first-order chi connectivity index (χ1) is 42.4. The summed E-state index contributed by atoms with van der Waals surface area (Å²) in [6.45, 7) is 63.1. The number of Topliss-reactive ketones (excluding diaryl/α,β-unsaturated/α-hetero) is 1. The van der Waals surface area contributed by atoms with E-state index >= 15 is 0 Å². The zero-order valence-electron chi connectivity index (χ0n) is 66.1. The van der Waals surface area contributed by atoms with E-state index in [0.29, 0.717) is 32.4 Å². The Labute approximate surface area is 595 Å². The fraction of sp³-hybridized carbons (Fsp3) is 0.731. The van der Waals surface area contributed by atoms with Gasteiger partial charge in [-0.2, -0.15) is 6.42 Å².